The number of imidazole rings is 1. The molecule has 0 spiro atoms. The predicted octanol–water partition coefficient (Wildman–Crippen LogP) is 2.73. The zero-order valence-corrected chi connectivity index (χ0v) is 19.9. The Morgan fingerprint density at radius 2 is 2.00 bits per heavy atom. The third-order valence-corrected chi connectivity index (χ3v) is 5.83. The van der Waals surface area contributed by atoms with Gasteiger partial charge in [-0.05, 0) is 44.2 Å². The number of fused-ring (bicyclic) bond motifs is 2. The molecule has 0 aliphatic heterocycles. The second-order valence-corrected chi connectivity index (χ2v) is 8.55. The molecule has 1 amide bonds. The summed E-state index contributed by atoms with van der Waals surface area (Å²) in [6.45, 7) is 3.97. The minimum Gasteiger partial charge on any atom is -0.491 e. The summed E-state index contributed by atoms with van der Waals surface area (Å²) in [5, 5.41) is 27.0. The summed E-state index contributed by atoms with van der Waals surface area (Å²) in [6, 6.07) is 15.0. The van der Waals surface area contributed by atoms with Crippen molar-refractivity contribution < 1.29 is 19.7 Å². The fraction of sp³-hybridized carbons (Fsp3) is 0.231. The van der Waals surface area contributed by atoms with Gasteiger partial charge in [-0.15, -0.1) is 0 Å². The number of hydrogen-bond acceptors (Lipinski definition) is 7. The SMILES string of the molecule is Cc1cccc(Cn2nc(C)c3c(NC(=O)c4cnc5cc(OCC(O)CO)ccn45)cccc32)n1. The van der Waals surface area contributed by atoms with Crippen LogP contribution >= 0.6 is 0 Å². The van der Waals surface area contributed by atoms with Gasteiger partial charge in [-0.3, -0.25) is 18.9 Å². The number of carbonyl (C=O) groups excluding carboxylic acids is 1. The average Bonchev–Trinajstić information content (AvgIpc) is 3.43. The lowest BCUT2D eigenvalue weighted by atomic mass is 10.1. The lowest BCUT2D eigenvalue weighted by Crippen LogP contribution is -2.21. The second kappa shape index (κ2) is 9.76. The zero-order valence-electron chi connectivity index (χ0n) is 19.9. The van der Waals surface area contributed by atoms with Gasteiger partial charge in [0.15, 0.2) is 0 Å². The van der Waals surface area contributed by atoms with E-state index >= 15 is 0 Å². The van der Waals surface area contributed by atoms with Crippen LogP contribution in [0.4, 0.5) is 5.69 Å². The molecule has 4 aromatic heterocycles. The molecule has 3 N–H and O–H groups in total. The maximum Gasteiger partial charge on any atom is 0.274 e. The van der Waals surface area contributed by atoms with Gasteiger partial charge in [-0.2, -0.15) is 5.10 Å². The predicted molar refractivity (Wildman–Crippen MR) is 134 cm³/mol. The molecule has 10 nitrogen and oxygen atoms in total. The maximum atomic E-state index is 13.2. The Kier molecular flexibility index (Phi) is 6.36. The van der Waals surface area contributed by atoms with Crippen LogP contribution in [0.2, 0.25) is 0 Å². The number of nitrogens with zero attached hydrogens (tertiary/aromatic N) is 5. The first-order valence-corrected chi connectivity index (χ1v) is 11.5. The van der Waals surface area contributed by atoms with Gasteiger partial charge in [0.2, 0.25) is 0 Å². The molecule has 10 heteroatoms. The van der Waals surface area contributed by atoms with Crippen LogP contribution in [0.5, 0.6) is 5.75 Å². The van der Waals surface area contributed by atoms with Crippen LogP contribution in [0.1, 0.15) is 27.6 Å². The Labute approximate surface area is 206 Å². The fourth-order valence-electron chi connectivity index (χ4n) is 4.14. The average molecular weight is 487 g/mol. The first-order chi connectivity index (χ1) is 17.4. The Morgan fingerprint density at radius 1 is 1.17 bits per heavy atom. The van der Waals surface area contributed by atoms with E-state index in [9.17, 15) is 9.90 Å². The van der Waals surface area contributed by atoms with E-state index in [0.29, 0.717) is 29.3 Å². The van der Waals surface area contributed by atoms with E-state index in [1.807, 2.05) is 54.9 Å². The molecule has 0 aliphatic carbocycles. The van der Waals surface area contributed by atoms with Gasteiger partial charge in [-0.1, -0.05) is 12.1 Å². The number of aryl methyl sites for hydroxylation is 2. The van der Waals surface area contributed by atoms with Crippen LogP contribution < -0.4 is 10.1 Å². The number of ether oxygens (including phenoxy) is 1. The third-order valence-electron chi connectivity index (χ3n) is 5.83. The Bertz CT molecular complexity index is 1560. The van der Waals surface area contributed by atoms with Crippen LogP contribution in [-0.4, -0.2) is 59.6 Å². The molecule has 4 heterocycles. The van der Waals surface area contributed by atoms with Crippen molar-refractivity contribution in [2.45, 2.75) is 26.5 Å². The number of aliphatic hydroxyl groups excluding tert-OH is 2. The van der Waals surface area contributed by atoms with Crippen LogP contribution in [-0.2, 0) is 6.54 Å². The zero-order chi connectivity index (χ0) is 25.2. The molecule has 1 aromatic carbocycles. The van der Waals surface area contributed by atoms with E-state index in [-0.39, 0.29) is 19.1 Å². The summed E-state index contributed by atoms with van der Waals surface area (Å²) in [5.41, 5.74) is 5.10. The van der Waals surface area contributed by atoms with Crippen molar-refractivity contribution in [2.75, 3.05) is 18.5 Å². The summed E-state index contributed by atoms with van der Waals surface area (Å²) >= 11 is 0. The Morgan fingerprint density at radius 3 is 2.81 bits per heavy atom. The number of anilines is 1. The van der Waals surface area contributed by atoms with Crippen molar-refractivity contribution in [1.82, 2.24) is 24.1 Å². The highest BCUT2D eigenvalue weighted by molar-refractivity contribution is 6.08. The Balaban J connectivity index is 1.40. The molecule has 1 atom stereocenters. The molecule has 0 aliphatic rings. The third kappa shape index (κ3) is 4.64. The molecule has 36 heavy (non-hydrogen) atoms. The monoisotopic (exact) mass is 486 g/mol. The molecular weight excluding hydrogens is 460 g/mol. The number of carbonyl (C=O) groups is 1. The van der Waals surface area contributed by atoms with Crippen LogP contribution in [0.25, 0.3) is 16.6 Å². The summed E-state index contributed by atoms with van der Waals surface area (Å²) in [7, 11) is 0. The highest BCUT2D eigenvalue weighted by Crippen LogP contribution is 2.28. The lowest BCUT2D eigenvalue weighted by molar-refractivity contribution is 0.0536. The molecule has 0 saturated heterocycles. The number of benzene rings is 1. The van der Waals surface area contributed by atoms with E-state index in [1.54, 1.807) is 22.7 Å². The van der Waals surface area contributed by atoms with Crippen molar-refractivity contribution in [2.24, 2.45) is 0 Å². The van der Waals surface area contributed by atoms with Crippen molar-refractivity contribution >= 4 is 28.1 Å². The molecule has 0 bridgehead atoms. The normalized spacial score (nSPS) is 12.2. The van der Waals surface area contributed by atoms with Gasteiger partial charge in [0.1, 0.15) is 29.8 Å². The van der Waals surface area contributed by atoms with E-state index < -0.39 is 6.10 Å². The van der Waals surface area contributed by atoms with Gasteiger partial charge in [0.25, 0.3) is 5.91 Å². The first kappa shape index (κ1) is 23.5. The minimum absolute atomic E-state index is 0.0439. The second-order valence-electron chi connectivity index (χ2n) is 8.55. The van der Waals surface area contributed by atoms with Gasteiger partial charge < -0.3 is 20.3 Å². The smallest absolute Gasteiger partial charge is 0.274 e. The number of nitrogens with one attached hydrogen (secondary N) is 1. The molecule has 5 aromatic rings. The van der Waals surface area contributed by atoms with E-state index in [2.05, 4.69) is 15.3 Å². The van der Waals surface area contributed by atoms with Crippen LogP contribution in [0.15, 0.2) is 60.9 Å². The minimum atomic E-state index is -0.967. The number of amides is 1. The highest BCUT2D eigenvalue weighted by atomic mass is 16.5. The molecule has 1 unspecified atom stereocenters. The van der Waals surface area contributed by atoms with Crippen molar-refractivity contribution in [3.63, 3.8) is 0 Å². The largest absolute Gasteiger partial charge is 0.491 e. The van der Waals surface area contributed by atoms with Crippen LogP contribution in [0, 0.1) is 13.8 Å². The topological polar surface area (TPSA) is 127 Å². The van der Waals surface area contributed by atoms with Gasteiger partial charge in [-0.25, -0.2) is 4.98 Å². The summed E-state index contributed by atoms with van der Waals surface area (Å²) in [6.07, 6.45) is 2.21. The molecule has 0 fully saturated rings. The summed E-state index contributed by atoms with van der Waals surface area (Å²) < 4.78 is 9.02. The number of aliphatic hydroxyl groups is 2. The van der Waals surface area contributed by atoms with Gasteiger partial charge in [0, 0.05) is 23.3 Å². The molecule has 5 rings (SSSR count). The number of hydrogen-bond donors (Lipinski definition) is 3. The van der Waals surface area contributed by atoms with Crippen molar-refractivity contribution in [3.05, 3.63) is 83.7 Å². The van der Waals surface area contributed by atoms with Gasteiger partial charge in [0.05, 0.1) is 41.9 Å². The number of rotatable bonds is 8. The molecule has 0 saturated carbocycles. The fourth-order valence-corrected chi connectivity index (χ4v) is 4.14. The standard InChI is InChI=1S/C26H26N6O4/c1-16-5-3-6-18(28-16)13-32-22-8-4-7-21(25(22)17(2)30-32)29-26(35)23-12-27-24-11-20(9-10-31(23)24)36-15-19(34)14-33/h3-12,19,33-34H,13-15H2,1-2H3,(H,29,35). The maximum absolute atomic E-state index is 13.2. The van der Waals surface area contributed by atoms with E-state index in [1.165, 1.54) is 6.20 Å². The van der Waals surface area contributed by atoms with Crippen molar-refractivity contribution in [3.8, 4) is 5.75 Å². The first-order valence-electron chi connectivity index (χ1n) is 11.5. The quantitative estimate of drug-likeness (QED) is 0.308. The lowest BCUT2D eigenvalue weighted by Gasteiger charge is -2.10. The van der Waals surface area contributed by atoms with Gasteiger partial charge >= 0.3 is 0 Å². The van der Waals surface area contributed by atoms with E-state index in [4.69, 9.17) is 14.9 Å². The summed E-state index contributed by atoms with van der Waals surface area (Å²) in [4.78, 5) is 22.1. The highest BCUT2D eigenvalue weighted by Gasteiger charge is 2.17. The molecule has 184 valence electrons. The van der Waals surface area contributed by atoms with Crippen molar-refractivity contribution in [1.29, 1.82) is 0 Å². The summed E-state index contributed by atoms with van der Waals surface area (Å²) in [5.74, 6) is 0.162. The van der Waals surface area contributed by atoms with E-state index in [0.717, 1.165) is 28.0 Å². The number of aromatic nitrogens is 5. The van der Waals surface area contributed by atoms with Crippen LogP contribution in [0.3, 0.4) is 0 Å². The molecular formula is C26H26N6O4. The Hall–Kier alpha value is -4.28. The molecule has 0 radical (unpaired) electrons. The number of pyridine rings is 2.